The van der Waals surface area contributed by atoms with Crippen molar-refractivity contribution in [1.82, 2.24) is 10.5 Å². The predicted octanol–water partition coefficient (Wildman–Crippen LogP) is 1.04. The van der Waals surface area contributed by atoms with E-state index in [1.54, 1.807) is 13.8 Å². The molecule has 1 aliphatic rings. The molecule has 3 N–H and O–H groups in total. The van der Waals surface area contributed by atoms with Gasteiger partial charge in [-0.25, -0.2) is 0 Å². The van der Waals surface area contributed by atoms with E-state index in [0.717, 1.165) is 5.06 Å². The van der Waals surface area contributed by atoms with E-state index in [-0.39, 0.29) is 5.70 Å². The van der Waals surface area contributed by atoms with Gasteiger partial charge in [0, 0.05) is 13.3 Å². The average Bonchev–Trinajstić information content (AvgIpc) is 2.37. The van der Waals surface area contributed by atoms with Crippen molar-refractivity contribution < 1.29 is 15.2 Å². The fourth-order valence-corrected chi connectivity index (χ4v) is 2.20. The third kappa shape index (κ3) is 1.34. The molecule has 1 aliphatic heterocycles. The molecule has 1 atom stereocenters. The molecule has 0 aromatic carbocycles. The zero-order chi connectivity index (χ0) is 12.7. The lowest BCUT2D eigenvalue weighted by Gasteiger charge is -2.33. The van der Waals surface area contributed by atoms with Crippen LogP contribution in [-0.4, -0.2) is 37.1 Å². The Kier molecular flexibility index (Phi) is 3.02. The van der Waals surface area contributed by atoms with Crippen LogP contribution in [-0.2, 0) is 0 Å². The molecular formula is C10H19N3O3. The number of nitrogens with zero attached hydrogens (tertiary/aromatic N) is 2. The van der Waals surface area contributed by atoms with Gasteiger partial charge in [0.2, 0.25) is 0 Å². The van der Waals surface area contributed by atoms with Gasteiger partial charge in [0.05, 0.1) is 0 Å². The van der Waals surface area contributed by atoms with E-state index in [4.69, 9.17) is 5.21 Å². The van der Waals surface area contributed by atoms with Gasteiger partial charge >= 0.3 is 0 Å². The third-order valence-corrected chi connectivity index (χ3v) is 3.33. The van der Waals surface area contributed by atoms with E-state index < -0.39 is 11.2 Å². The van der Waals surface area contributed by atoms with Crippen molar-refractivity contribution >= 4 is 5.71 Å². The SMILES string of the molecule is C=C(NO)C1(C)N(O)C(C)(C)C(CC)=[N+]1[O-]. The topological polar surface area (TPSA) is 81.8 Å². The van der Waals surface area contributed by atoms with Gasteiger partial charge in [0.15, 0.2) is 5.71 Å². The molecule has 0 aromatic heterocycles. The Morgan fingerprint density at radius 1 is 1.56 bits per heavy atom. The Morgan fingerprint density at radius 3 is 2.38 bits per heavy atom. The molecule has 6 nitrogen and oxygen atoms in total. The summed E-state index contributed by atoms with van der Waals surface area (Å²) in [6.07, 6.45) is 0.516. The molecule has 1 rings (SSSR count). The molecule has 1 heterocycles. The summed E-state index contributed by atoms with van der Waals surface area (Å²) in [4.78, 5) is 0. The predicted molar refractivity (Wildman–Crippen MR) is 59.1 cm³/mol. The van der Waals surface area contributed by atoms with Gasteiger partial charge in [-0.05, 0) is 13.8 Å². The summed E-state index contributed by atoms with van der Waals surface area (Å²) in [6, 6.07) is 0. The maximum absolute atomic E-state index is 12.2. The number of nitrogens with one attached hydrogen (secondary N) is 1. The largest absolute Gasteiger partial charge is 0.622 e. The quantitative estimate of drug-likeness (QED) is 0.382. The van der Waals surface area contributed by atoms with Crippen LogP contribution in [0.5, 0.6) is 0 Å². The van der Waals surface area contributed by atoms with Gasteiger partial charge in [-0.3, -0.25) is 10.7 Å². The highest BCUT2D eigenvalue weighted by molar-refractivity contribution is 5.89. The Morgan fingerprint density at radius 2 is 2.06 bits per heavy atom. The molecule has 92 valence electrons. The summed E-state index contributed by atoms with van der Waals surface area (Å²) < 4.78 is 0.693. The lowest BCUT2D eigenvalue weighted by molar-refractivity contribution is -0.575. The van der Waals surface area contributed by atoms with Crippen molar-refractivity contribution in [1.29, 1.82) is 0 Å². The van der Waals surface area contributed by atoms with Gasteiger partial charge in [0.25, 0.3) is 5.66 Å². The van der Waals surface area contributed by atoms with E-state index in [1.165, 1.54) is 6.92 Å². The standard InChI is InChI=1S/C10H19N3O3/c1-6-8-9(3,4)13(16)10(5,12(8)15)7(2)11-14/h11,14,16H,2,6H2,1,3-5H3. The van der Waals surface area contributed by atoms with Crippen LogP contribution < -0.4 is 5.48 Å². The van der Waals surface area contributed by atoms with Crippen molar-refractivity contribution in [2.75, 3.05) is 0 Å². The van der Waals surface area contributed by atoms with Crippen molar-refractivity contribution in [3.8, 4) is 0 Å². The zero-order valence-electron chi connectivity index (χ0n) is 10.1. The molecule has 16 heavy (non-hydrogen) atoms. The molecule has 0 radical (unpaired) electrons. The van der Waals surface area contributed by atoms with Crippen molar-refractivity contribution in [3.05, 3.63) is 17.5 Å². The second-order valence-corrected chi connectivity index (χ2v) is 4.58. The van der Waals surface area contributed by atoms with Gasteiger partial charge in [-0.1, -0.05) is 13.5 Å². The molecule has 0 spiro atoms. The number of hydrogen-bond donors (Lipinski definition) is 3. The van der Waals surface area contributed by atoms with Crippen LogP contribution in [0, 0.1) is 5.21 Å². The first kappa shape index (κ1) is 13.0. The summed E-state index contributed by atoms with van der Waals surface area (Å²) in [7, 11) is 0. The lowest BCUT2D eigenvalue weighted by atomic mass is 9.96. The van der Waals surface area contributed by atoms with E-state index in [1.807, 2.05) is 12.4 Å². The van der Waals surface area contributed by atoms with Crippen LogP contribution in [0.2, 0.25) is 0 Å². The minimum Gasteiger partial charge on any atom is -0.622 e. The molecule has 0 aliphatic carbocycles. The van der Waals surface area contributed by atoms with Crippen molar-refractivity contribution in [2.45, 2.75) is 45.3 Å². The van der Waals surface area contributed by atoms with E-state index in [9.17, 15) is 10.4 Å². The Bertz CT molecular complexity index is 351. The maximum atomic E-state index is 12.2. The van der Waals surface area contributed by atoms with Crippen molar-refractivity contribution in [3.63, 3.8) is 0 Å². The molecule has 0 fully saturated rings. The Balaban J connectivity index is 3.35. The van der Waals surface area contributed by atoms with Crippen LogP contribution in [0.1, 0.15) is 34.1 Å². The van der Waals surface area contributed by atoms with Crippen LogP contribution in [0.25, 0.3) is 0 Å². The Labute approximate surface area is 95.0 Å². The first-order valence-corrected chi connectivity index (χ1v) is 5.16. The van der Waals surface area contributed by atoms with E-state index in [0.29, 0.717) is 16.9 Å². The summed E-state index contributed by atoms with van der Waals surface area (Å²) >= 11 is 0. The third-order valence-electron chi connectivity index (χ3n) is 3.33. The first-order valence-electron chi connectivity index (χ1n) is 5.16. The van der Waals surface area contributed by atoms with Gasteiger partial charge in [0.1, 0.15) is 11.2 Å². The van der Waals surface area contributed by atoms with E-state index in [2.05, 4.69) is 6.58 Å². The van der Waals surface area contributed by atoms with Gasteiger partial charge in [-0.2, -0.15) is 4.74 Å². The molecule has 0 amide bonds. The normalized spacial score (nSPS) is 29.6. The lowest BCUT2D eigenvalue weighted by Crippen LogP contribution is -2.55. The molecule has 0 bridgehead atoms. The van der Waals surface area contributed by atoms with Crippen LogP contribution in [0.3, 0.4) is 0 Å². The number of hydroxylamine groups is 4. The zero-order valence-corrected chi connectivity index (χ0v) is 10.1. The monoisotopic (exact) mass is 229 g/mol. The fraction of sp³-hybridized carbons (Fsp3) is 0.700. The molecule has 0 aromatic rings. The summed E-state index contributed by atoms with van der Waals surface area (Å²) in [5, 5.41) is 32.0. The highest BCUT2D eigenvalue weighted by atomic mass is 16.6. The average molecular weight is 229 g/mol. The van der Waals surface area contributed by atoms with Crippen molar-refractivity contribution in [2.24, 2.45) is 0 Å². The van der Waals surface area contributed by atoms with Crippen LogP contribution in [0.4, 0.5) is 0 Å². The van der Waals surface area contributed by atoms with Gasteiger partial charge in [-0.15, -0.1) is 5.06 Å². The second-order valence-electron chi connectivity index (χ2n) is 4.58. The Hall–Kier alpha value is -1.11. The number of rotatable bonds is 3. The summed E-state index contributed by atoms with van der Waals surface area (Å²) in [5.41, 5.74) is 0.219. The second kappa shape index (κ2) is 3.73. The molecule has 1 unspecified atom stereocenters. The highest BCUT2D eigenvalue weighted by Gasteiger charge is 2.60. The van der Waals surface area contributed by atoms with Gasteiger partial charge < -0.3 is 10.4 Å². The minimum absolute atomic E-state index is 0.0292. The maximum Gasteiger partial charge on any atom is 0.290 e. The van der Waals surface area contributed by atoms with E-state index >= 15 is 0 Å². The highest BCUT2D eigenvalue weighted by Crippen LogP contribution is 2.36. The minimum atomic E-state index is -1.40. The molecule has 6 heteroatoms. The van der Waals surface area contributed by atoms with Crippen LogP contribution >= 0.6 is 0 Å². The number of hydrogen-bond acceptors (Lipinski definition) is 5. The smallest absolute Gasteiger partial charge is 0.290 e. The summed E-state index contributed by atoms with van der Waals surface area (Å²) in [6.45, 7) is 10.4. The van der Waals surface area contributed by atoms with Crippen LogP contribution in [0.15, 0.2) is 12.3 Å². The molecule has 0 saturated carbocycles. The first-order chi connectivity index (χ1) is 7.24. The molecule has 0 saturated heterocycles. The molecular weight excluding hydrogens is 210 g/mol. The fourth-order valence-electron chi connectivity index (χ4n) is 2.20. The summed E-state index contributed by atoms with van der Waals surface area (Å²) in [5.74, 6) is 0.